The van der Waals surface area contributed by atoms with Crippen LogP contribution < -0.4 is 10.6 Å². The van der Waals surface area contributed by atoms with E-state index in [4.69, 9.17) is 4.74 Å². The molecule has 1 saturated carbocycles. The molecule has 0 bridgehead atoms. The summed E-state index contributed by atoms with van der Waals surface area (Å²) in [4.78, 5) is 0. The molecule has 3 unspecified atom stereocenters. The van der Waals surface area contributed by atoms with Crippen LogP contribution >= 0.6 is 0 Å². The van der Waals surface area contributed by atoms with E-state index in [2.05, 4.69) is 10.6 Å². The van der Waals surface area contributed by atoms with E-state index >= 15 is 0 Å². The molecular weight excluding hydrogens is 164 g/mol. The Morgan fingerprint density at radius 2 is 2.15 bits per heavy atom. The van der Waals surface area contributed by atoms with Crippen LogP contribution in [0, 0.1) is 17.8 Å². The van der Waals surface area contributed by atoms with Crippen molar-refractivity contribution in [3.63, 3.8) is 0 Å². The average Bonchev–Trinajstić information content (AvgIpc) is 2.68. The zero-order valence-electron chi connectivity index (χ0n) is 7.96. The Kier molecular flexibility index (Phi) is 2.04. The molecule has 2 N–H and O–H groups in total. The van der Waals surface area contributed by atoms with Gasteiger partial charge in [0.15, 0.2) is 0 Å². The molecule has 0 aromatic heterocycles. The molecule has 3 nitrogen and oxygen atoms in total. The van der Waals surface area contributed by atoms with E-state index in [0.29, 0.717) is 0 Å². The number of rotatable bonds is 3. The van der Waals surface area contributed by atoms with E-state index in [1.807, 2.05) is 0 Å². The molecule has 0 spiro atoms. The number of ether oxygens (including phenoxy) is 1. The van der Waals surface area contributed by atoms with Crippen molar-refractivity contribution < 1.29 is 4.74 Å². The first-order valence-electron chi connectivity index (χ1n) is 5.47. The highest BCUT2D eigenvalue weighted by Gasteiger charge is 2.53. The second kappa shape index (κ2) is 3.23. The topological polar surface area (TPSA) is 33.3 Å². The fourth-order valence-corrected chi connectivity index (χ4v) is 2.79. The molecule has 2 saturated heterocycles. The number of hydrogen-bond acceptors (Lipinski definition) is 3. The van der Waals surface area contributed by atoms with Crippen LogP contribution in [0.2, 0.25) is 0 Å². The van der Waals surface area contributed by atoms with E-state index in [1.165, 1.54) is 26.1 Å². The summed E-state index contributed by atoms with van der Waals surface area (Å²) < 4.78 is 5.37. The Labute approximate surface area is 79.2 Å². The average molecular weight is 182 g/mol. The van der Waals surface area contributed by atoms with Gasteiger partial charge in [-0.3, -0.25) is 0 Å². The van der Waals surface area contributed by atoms with Crippen LogP contribution in [0.3, 0.4) is 0 Å². The van der Waals surface area contributed by atoms with Crippen LogP contribution in [0.1, 0.15) is 6.42 Å². The normalized spacial score (nSPS) is 48.0. The molecule has 3 heteroatoms. The summed E-state index contributed by atoms with van der Waals surface area (Å²) in [5, 5.41) is 7.03. The highest BCUT2D eigenvalue weighted by atomic mass is 16.5. The van der Waals surface area contributed by atoms with Crippen molar-refractivity contribution in [3.05, 3.63) is 0 Å². The fraction of sp³-hybridized carbons (Fsp3) is 1.00. The minimum Gasteiger partial charge on any atom is -0.381 e. The Hall–Kier alpha value is -0.120. The van der Waals surface area contributed by atoms with Gasteiger partial charge in [0.2, 0.25) is 0 Å². The van der Waals surface area contributed by atoms with Gasteiger partial charge < -0.3 is 15.4 Å². The van der Waals surface area contributed by atoms with Gasteiger partial charge in [-0.15, -0.1) is 0 Å². The second-order valence-corrected chi connectivity index (χ2v) is 4.63. The van der Waals surface area contributed by atoms with Crippen molar-refractivity contribution in [1.82, 2.24) is 10.6 Å². The summed E-state index contributed by atoms with van der Waals surface area (Å²) in [6, 6.07) is 0.738. The second-order valence-electron chi connectivity index (χ2n) is 4.63. The first-order chi connectivity index (χ1) is 6.45. The highest BCUT2D eigenvalue weighted by molar-refractivity contribution is 5.01. The third kappa shape index (κ3) is 1.49. The summed E-state index contributed by atoms with van der Waals surface area (Å²) in [7, 11) is 0. The summed E-state index contributed by atoms with van der Waals surface area (Å²) >= 11 is 0. The lowest BCUT2D eigenvalue weighted by atomic mass is 10.2. The minimum absolute atomic E-state index is 0.738. The Bertz CT molecular complexity index is 181. The molecule has 2 heterocycles. The maximum absolute atomic E-state index is 5.37. The molecule has 0 aromatic carbocycles. The SMILES string of the molecule is C1CC(NCC2C3COCC23)CN1. The van der Waals surface area contributed by atoms with Crippen LogP contribution in [0.5, 0.6) is 0 Å². The van der Waals surface area contributed by atoms with E-state index in [-0.39, 0.29) is 0 Å². The minimum atomic E-state index is 0.738. The number of hydrogen-bond donors (Lipinski definition) is 2. The standard InChI is InChI=1S/C10H18N2O/c1-2-11-3-7(1)12-4-8-9-5-13-6-10(8)9/h7-12H,1-6H2. The van der Waals surface area contributed by atoms with Gasteiger partial charge in [-0.1, -0.05) is 0 Å². The quantitative estimate of drug-likeness (QED) is 0.636. The zero-order valence-corrected chi connectivity index (χ0v) is 7.96. The van der Waals surface area contributed by atoms with E-state index in [0.717, 1.165) is 37.0 Å². The lowest BCUT2D eigenvalue weighted by molar-refractivity contribution is 0.150. The van der Waals surface area contributed by atoms with Crippen LogP contribution in [0.15, 0.2) is 0 Å². The van der Waals surface area contributed by atoms with E-state index < -0.39 is 0 Å². The predicted octanol–water partition coefficient (Wildman–Crippen LogP) is -0.170. The molecule has 3 fully saturated rings. The van der Waals surface area contributed by atoms with Crippen molar-refractivity contribution in [2.75, 3.05) is 32.8 Å². The van der Waals surface area contributed by atoms with E-state index in [9.17, 15) is 0 Å². The van der Waals surface area contributed by atoms with Gasteiger partial charge in [0.1, 0.15) is 0 Å². The summed E-state index contributed by atoms with van der Waals surface area (Å²) in [6.07, 6.45) is 1.30. The molecule has 3 atom stereocenters. The van der Waals surface area contributed by atoms with Crippen molar-refractivity contribution in [3.8, 4) is 0 Å². The smallest absolute Gasteiger partial charge is 0.0501 e. The fourth-order valence-electron chi connectivity index (χ4n) is 2.79. The zero-order chi connectivity index (χ0) is 8.67. The Morgan fingerprint density at radius 1 is 1.31 bits per heavy atom. The molecule has 3 aliphatic rings. The largest absolute Gasteiger partial charge is 0.381 e. The molecule has 2 aliphatic heterocycles. The third-order valence-corrected chi connectivity index (χ3v) is 3.83. The summed E-state index contributed by atoms with van der Waals surface area (Å²) in [5.74, 6) is 2.75. The van der Waals surface area contributed by atoms with Crippen molar-refractivity contribution >= 4 is 0 Å². The molecule has 74 valence electrons. The van der Waals surface area contributed by atoms with E-state index in [1.54, 1.807) is 0 Å². The van der Waals surface area contributed by atoms with Gasteiger partial charge in [0.05, 0.1) is 13.2 Å². The highest BCUT2D eigenvalue weighted by Crippen LogP contribution is 2.50. The lowest BCUT2D eigenvalue weighted by Gasteiger charge is -2.11. The Balaban J connectivity index is 1.40. The third-order valence-electron chi connectivity index (χ3n) is 3.83. The van der Waals surface area contributed by atoms with Crippen LogP contribution in [-0.2, 0) is 4.74 Å². The van der Waals surface area contributed by atoms with Gasteiger partial charge in [0.25, 0.3) is 0 Å². The van der Waals surface area contributed by atoms with Gasteiger partial charge >= 0.3 is 0 Å². The van der Waals surface area contributed by atoms with Gasteiger partial charge in [-0.2, -0.15) is 0 Å². The van der Waals surface area contributed by atoms with Crippen LogP contribution in [-0.4, -0.2) is 38.9 Å². The van der Waals surface area contributed by atoms with Gasteiger partial charge in [-0.25, -0.2) is 0 Å². The molecule has 0 aromatic rings. The Morgan fingerprint density at radius 3 is 2.85 bits per heavy atom. The number of fused-ring (bicyclic) bond motifs is 1. The maximum Gasteiger partial charge on any atom is 0.0501 e. The molecule has 0 radical (unpaired) electrons. The first-order valence-corrected chi connectivity index (χ1v) is 5.47. The monoisotopic (exact) mass is 182 g/mol. The molecule has 0 amide bonds. The van der Waals surface area contributed by atoms with Crippen LogP contribution in [0.4, 0.5) is 0 Å². The first kappa shape index (κ1) is 8.21. The summed E-state index contributed by atoms with van der Waals surface area (Å²) in [6.45, 7) is 5.64. The summed E-state index contributed by atoms with van der Waals surface area (Å²) in [5.41, 5.74) is 0. The molecule has 3 rings (SSSR count). The van der Waals surface area contributed by atoms with Crippen molar-refractivity contribution in [1.29, 1.82) is 0 Å². The van der Waals surface area contributed by atoms with Crippen molar-refractivity contribution in [2.24, 2.45) is 17.8 Å². The maximum atomic E-state index is 5.37. The van der Waals surface area contributed by atoms with Gasteiger partial charge in [-0.05, 0) is 37.3 Å². The lowest BCUT2D eigenvalue weighted by Crippen LogP contribution is -2.33. The van der Waals surface area contributed by atoms with Crippen LogP contribution in [0.25, 0.3) is 0 Å². The van der Waals surface area contributed by atoms with Gasteiger partial charge in [0, 0.05) is 12.6 Å². The predicted molar refractivity (Wildman–Crippen MR) is 50.6 cm³/mol. The molecule has 13 heavy (non-hydrogen) atoms. The molecular formula is C10H18N2O. The molecule has 1 aliphatic carbocycles. The van der Waals surface area contributed by atoms with Crippen molar-refractivity contribution in [2.45, 2.75) is 12.5 Å². The number of nitrogens with one attached hydrogen (secondary N) is 2.